The molecule has 6 aromatic carbocycles. The van der Waals surface area contributed by atoms with Gasteiger partial charge in [0, 0.05) is 99.9 Å². The summed E-state index contributed by atoms with van der Waals surface area (Å²) in [6.45, 7) is 22.2. The van der Waals surface area contributed by atoms with Gasteiger partial charge < -0.3 is 73.5 Å². The number of aromatic nitrogens is 6. The maximum absolute atomic E-state index is 13.6. The fourth-order valence-corrected chi connectivity index (χ4v) is 13.3. The Kier molecular flexibility index (Phi) is 39.3. The second kappa shape index (κ2) is 50.5. The molecule has 0 radical (unpaired) electrons. The molecule has 31 heteroatoms. The molecular formula is C93H115N11O20. The smallest absolute Gasteiger partial charge is 0.418 e. The maximum Gasteiger partial charge on any atom is 0.418 e. The van der Waals surface area contributed by atoms with Crippen LogP contribution in [0.1, 0.15) is 134 Å². The number of nitrogens with zero attached hydrogens (tertiary/aromatic N) is 8. The number of phenols is 2. The molecule has 2 unspecified atom stereocenters. The Hall–Kier alpha value is -12.9. The van der Waals surface area contributed by atoms with Crippen molar-refractivity contribution in [3.63, 3.8) is 0 Å². The lowest BCUT2D eigenvalue weighted by Crippen LogP contribution is -2.45. The quantitative estimate of drug-likeness (QED) is 0.0102. The van der Waals surface area contributed by atoms with Gasteiger partial charge in [0.25, 0.3) is 0 Å². The SMILES string of the molecule is C=CC(=O)OCCOC(=O)N(CCCCCCNC(=O)N(CCCCCCNC(=O)OC(COC)COc1ccc(-c2nc(-c3ccc(C)cc3C)nc(-c3ccc(C)cc3C)n2)c(O)c1)C(=O)OCCOC(=O)C=C)C(=O)CCCCCCCNC(=O)OC(COC)COc1ccc(-c2nc(-c3ccc(C)cc3C)nc(-c3ccc(C)cc3C)n2)c(O)c1. The van der Waals surface area contributed by atoms with Gasteiger partial charge in [-0.2, -0.15) is 0 Å². The number of hydrogen-bond donors (Lipinski definition) is 5. The average Bonchev–Trinajstić information content (AvgIpc) is 0.786. The summed E-state index contributed by atoms with van der Waals surface area (Å²) in [6, 6.07) is 32.9. The predicted molar refractivity (Wildman–Crippen MR) is 466 cm³/mol. The monoisotopic (exact) mass is 1710 g/mol. The number of ether oxygens (including phenoxy) is 10. The van der Waals surface area contributed by atoms with Crippen LogP contribution in [-0.2, 0) is 52.3 Å². The van der Waals surface area contributed by atoms with E-state index in [0.29, 0.717) is 124 Å². The third-order valence-corrected chi connectivity index (χ3v) is 19.7. The minimum atomic E-state index is -0.959. The van der Waals surface area contributed by atoms with E-state index in [2.05, 4.69) is 53.4 Å². The van der Waals surface area contributed by atoms with Gasteiger partial charge in [0.2, 0.25) is 5.91 Å². The highest BCUT2D eigenvalue weighted by Crippen LogP contribution is 2.37. The molecule has 31 nitrogen and oxygen atoms in total. The average molecular weight is 1710 g/mol. The number of urea groups is 1. The highest BCUT2D eigenvalue weighted by molar-refractivity contribution is 5.92. The number of methoxy groups -OCH3 is 2. The number of carbonyl (C=O) groups excluding carboxylic acids is 8. The van der Waals surface area contributed by atoms with Gasteiger partial charge in [-0.15, -0.1) is 0 Å². The van der Waals surface area contributed by atoms with Crippen LogP contribution in [0.15, 0.2) is 135 Å². The van der Waals surface area contributed by atoms with Crippen LogP contribution < -0.4 is 25.4 Å². The molecule has 0 fully saturated rings. The van der Waals surface area contributed by atoms with Crippen LogP contribution in [0.4, 0.5) is 24.0 Å². The molecule has 0 aliphatic carbocycles. The lowest BCUT2D eigenvalue weighted by atomic mass is 10.0. The van der Waals surface area contributed by atoms with Gasteiger partial charge in [-0.25, -0.2) is 73.3 Å². The van der Waals surface area contributed by atoms with Crippen molar-refractivity contribution in [3.8, 4) is 91.3 Å². The van der Waals surface area contributed by atoms with E-state index in [4.69, 9.17) is 77.3 Å². The Labute approximate surface area is 724 Å². The second-order valence-electron chi connectivity index (χ2n) is 29.9. The predicted octanol–water partition coefficient (Wildman–Crippen LogP) is 15.9. The Bertz CT molecular complexity index is 4830. The van der Waals surface area contributed by atoms with Crippen LogP contribution in [0.25, 0.3) is 68.3 Å². The summed E-state index contributed by atoms with van der Waals surface area (Å²) in [5.41, 5.74) is 12.4. The molecular weight excluding hydrogens is 1590 g/mol. The molecule has 0 spiro atoms. The molecule has 7 amide bonds. The van der Waals surface area contributed by atoms with Crippen molar-refractivity contribution in [2.45, 2.75) is 157 Å². The van der Waals surface area contributed by atoms with E-state index in [1.165, 1.54) is 26.4 Å². The first-order valence-corrected chi connectivity index (χ1v) is 41.6. The molecule has 2 aromatic heterocycles. The van der Waals surface area contributed by atoms with Crippen LogP contribution >= 0.6 is 0 Å². The molecule has 8 aromatic rings. The van der Waals surface area contributed by atoms with E-state index in [1.54, 1.807) is 24.3 Å². The molecule has 0 bridgehead atoms. The van der Waals surface area contributed by atoms with Crippen LogP contribution in [0.2, 0.25) is 0 Å². The Morgan fingerprint density at radius 3 is 1.05 bits per heavy atom. The summed E-state index contributed by atoms with van der Waals surface area (Å²) >= 11 is 0. The number of hydrogen-bond acceptors (Lipinski definition) is 26. The van der Waals surface area contributed by atoms with Crippen molar-refractivity contribution in [2.75, 3.05) is 99.8 Å². The van der Waals surface area contributed by atoms with Crippen LogP contribution in [0.3, 0.4) is 0 Å². The van der Waals surface area contributed by atoms with Crippen molar-refractivity contribution in [1.29, 1.82) is 0 Å². The van der Waals surface area contributed by atoms with E-state index >= 15 is 0 Å². The van der Waals surface area contributed by atoms with E-state index in [0.717, 1.165) is 95.1 Å². The Morgan fingerprint density at radius 2 is 0.694 bits per heavy atom. The minimum Gasteiger partial charge on any atom is -0.507 e. The fraction of sp³-hybridized carbons (Fsp3) is 0.419. The summed E-state index contributed by atoms with van der Waals surface area (Å²) in [5.74, 6) is 0.813. The number of aromatic hydroxyl groups is 2. The molecule has 5 N–H and O–H groups in total. The first-order chi connectivity index (χ1) is 59.7. The summed E-state index contributed by atoms with van der Waals surface area (Å²) in [6.07, 6.45) is 4.22. The number of rotatable bonds is 48. The normalized spacial score (nSPS) is 11.4. The zero-order chi connectivity index (χ0) is 89.5. The van der Waals surface area contributed by atoms with Gasteiger partial charge in [0.05, 0.1) is 24.3 Å². The molecule has 0 saturated carbocycles. The number of aryl methyl sites for hydroxylation is 8. The molecule has 2 heterocycles. The van der Waals surface area contributed by atoms with Crippen LogP contribution in [0, 0.1) is 55.4 Å². The number of nitrogens with one attached hydrogen (secondary N) is 3. The number of phenolic OH excluding ortho intramolecular Hbond substituents is 2. The first kappa shape index (κ1) is 96.6. The zero-order valence-corrected chi connectivity index (χ0v) is 72.5. The highest BCUT2D eigenvalue weighted by Gasteiger charge is 2.27. The summed E-state index contributed by atoms with van der Waals surface area (Å²) in [7, 11) is 2.93. The molecule has 2 atom stereocenters. The molecule has 0 aliphatic heterocycles. The van der Waals surface area contributed by atoms with E-state index in [-0.39, 0.29) is 114 Å². The maximum atomic E-state index is 13.6. The summed E-state index contributed by atoms with van der Waals surface area (Å²) in [5, 5.41) is 31.1. The van der Waals surface area contributed by atoms with Crippen molar-refractivity contribution in [2.24, 2.45) is 0 Å². The first-order valence-electron chi connectivity index (χ1n) is 41.6. The topological polar surface area (TPSA) is 389 Å². The minimum absolute atomic E-state index is 0.00533. The number of benzene rings is 6. The van der Waals surface area contributed by atoms with Gasteiger partial charge in [0.1, 0.15) is 62.6 Å². The summed E-state index contributed by atoms with van der Waals surface area (Å²) < 4.78 is 54.4. The second-order valence-corrected chi connectivity index (χ2v) is 29.9. The number of unbranched alkanes of at least 4 members (excludes halogenated alkanes) is 10. The number of esters is 2. The number of alkyl carbamates (subject to hydrolysis) is 2. The standard InChI is InChI=1S/C93H115N11O20/c1-13-81(108)117-46-48-119-92(113)103(80(107)28-22-16-15-17-24-42-95-90(111)123-70(56-115-11)58-121-68-33-39-76(78(105)54-68)87-99-83(72-35-29-60(3)50-64(72)7)97-84(100-87)73-36-30-61(4)51-65(73)8)44-26-20-18-23-41-94-89(110)104(93(114)120-49-47-118-82(109)14-2)45-27-21-19-25-43-96-91(112)124-71(57-116-12)59-122-69-34-40-77(79(106)55-69)88-101-85(74-37-31-62(5)52-66(74)9)98-86(102-88)75-38-32-63(6)53-67(75)10/h13-14,29-40,50-55,70-71,105-106H,1-2,15-28,41-49,56-59H2,3-12H3,(H,94,110)(H,95,111)(H,96,112). The van der Waals surface area contributed by atoms with Gasteiger partial charge in [-0.1, -0.05) is 153 Å². The molecule has 0 aliphatic rings. The van der Waals surface area contributed by atoms with Crippen LogP contribution in [-0.4, -0.2) is 210 Å². The third kappa shape index (κ3) is 31.2. The van der Waals surface area contributed by atoms with Crippen molar-refractivity contribution >= 4 is 48.2 Å². The van der Waals surface area contributed by atoms with Crippen LogP contribution in [0.5, 0.6) is 23.0 Å². The number of carbonyl (C=O) groups is 8. The highest BCUT2D eigenvalue weighted by atomic mass is 16.6. The van der Waals surface area contributed by atoms with Crippen molar-refractivity contribution in [3.05, 3.63) is 179 Å². The van der Waals surface area contributed by atoms with Gasteiger partial charge in [-0.05, 0) is 140 Å². The van der Waals surface area contributed by atoms with Gasteiger partial charge in [-0.3, -0.25) is 4.79 Å². The number of imide groups is 2. The largest absolute Gasteiger partial charge is 0.507 e. The molecule has 124 heavy (non-hydrogen) atoms. The van der Waals surface area contributed by atoms with Crippen molar-refractivity contribution in [1.82, 2.24) is 55.7 Å². The lowest BCUT2D eigenvalue weighted by molar-refractivity contribution is -0.139. The molecule has 0 saturated heterocycles. The van der Waals surface area contributed by atoms with Crippen molar-refractivity contribution < 1.29 is 95.9 Å². The van der Waals surface area contributed by atoms with E-state index in [9.17, 15) is 48.6 Å². The lowest BCUT2D eigenvalue weighted by Gasteiger charge is -2.21. The molecule has 662 valence electrons. The van der Waals surface area contributed by atoms with E-state index in [1.807, 2.05) is 104 Å². The fourth-order valence-electron chi connectivity index (χ4n) is 13.3. The Balaban J connectivity index is 0.727. The Morgan fingerprint density at radius 1 is 0.379 bits per heavy atom. The molecule has 8 rings (SSSR count). The zero-order valence-electron chi connectivity index (χ0n) is 72.5. The van der Waals surface area contributed by atoms with E-state index < -0.39 is 60.5 Å². The van der Waals surface area contributed by atoms with Gasteiger partial charge in [0.15, 0.2) is 47.2 Å². The van der Waals surface area contributed by atoms with Gasteiger partial charge >= 0.3 is 42.3 Å². The number of amides is 7. The third-order valence-electron chi connectivity index (χ3n) is 19.7. The summed E-state index contributed by atoms with van der Waals surface area (Å²) in [4.78, 5) is 134.